The van der Waals surface area contributed by atoms with Crippen molar-refractivity contribution in [2.75, 3.05) is 19.5 Å². The van der Waals surface area contributed by atoms with Gasteiger partial charge in [-0.15, -0.1) is 0 Å². The number of methoxy groups -OCH3 is 2. The van der Waals surface area contributed by atoms with E-state index in [4.69, 9.17) is 0 Å². The van der Waals surface area contributed by atoms with Gasteiger partial charge in [-0.2, -0.15) is 0 Å². The molecule has 7 heteroatoms. The van der Waals surface area contributed by atoms with Gasteiger partial charge in [-0.1, -0.05) is 0 Å². The highest BCUT2D eigenvalue weighted by Gasteiger charge is 2.18. The van der Waals surface area contributed by atoms with Crippen LogP contribution in [0.25, 0.3) is 0 Å². The molecule has 1 N–H and O–H groups in total. The van der Waals surface area contributed by atoms with Crippen LogP contribution in [0.15, 0.2) is 12.1 Å². The average molecular weight is 245 g/mol. The number of carbonyl (C=O) groups excluding carboxylic acids is 2. The van der Waals surface area contributed by atoms with E-state index in [0.29, 0.717) is 12.1 Å². The van der Waals surface area contributed by atoms with Gasteiger partial charge in [0.05, 0.1) is 25.5 Å². The Hall–Kier alpha value is -2.18. The van der Waals surface area contributed by atoms with Gasteiger partial charge in [0.1, 0.15) is 0 Å². The zero-order valence-electron chi connectivity index (χ0n) is 9.04. The van der Waals surface area contributed by atoms with Crippen molar-refractivity contribution in [2.24, 2.45) is 0 Å². The number of benzene rings is 1. The Morgan fingerprint density at radius 1 is 1.12 bits per heavy atom. The number of rotatable bonds is 2. The summed E-state index contributed by atoms with van der Waals surface area (Å²) in [6.07, 6.45) is -0.916. The summed E-state index contributed by atoms with van der Waals surface area (Å²) in [6, 6.07) is 1.30. The zero-order valence-corrected chi connectivity index (χ0v) is 9.04. The Bertz CT molecular complexity index is 462. The molecule has 1 aromatic carbocycles. The third kappa shape index (κ3) is 2.90. The van der Waals surface area contributed by atoms with E-state index in [0.717, 1.165) is 14.2 Å². The summed E-state index contributed by atoms with van der Waals surface area (Å²) in [4.78, 5) is 22.2. The van der Waals surface area contributed by atoms with E-state index < -0.39 is 23.7 Å². The van der Waals surface area contributed by atoms with Crippen molar-refractivity contribution in [1.82, 2.24) is 0 Å². The largest absolute Gasteiger partial charge is 0.465 e. The van der Waals surface area contributed by atoms with Gasteiger partial charge in [-0.05, 0) is 6.07 Å². The van der Waals surface area contributed by atoms with Gasteiger partial charge >= 0.3 is 12.1 Å². The lowest BCUT2D eigenvalue weighted by Gasteiger charge is -2.09. The summed E-state index contributed by atoms with van der Waals surface area (Å²) in [5, 5.41) is 2.07. The van der Waals surface area contributed by atoms with Crippen molar-refractivity contribution < 1.29 is 27.8 Å². The van der Waals surface area contributed by atoms with Crippen LogP contribution in [0, 0.1) is 11.6 Å². The highest BCUT2D eigenvalue weighted by Crippen LogP contribution is 2.21. The minimum atomic E-state index is -1.22. The smallest absolute Gasteiger partial charge is 0.411 e. The molecule has 0 saturated carbocycles. The van der Waals surface area contributed by atoms with Gasteiger partial charge in [0.25, 0.3) is 0 Å². The molecule has 0 fully saturated rings. The fourth-order valence-electron chi connectivity index (χ4n) is 1.09. The highest BCUT2D eigenvalue weighted by atomic mass is 19.2. The molecule has 0 saturated heterocycles. The molecule has 0 aliphatic rings. The van der Waals surface area contributed by atoms with Crippen LogP contribution < -0.4 is 5.32 Å². The van der Waals surface area contributed by atoms with E-state index in [2.05, 4.69) is 14.8 Å². The topological polar surface area (TPSA) is 64.6 Å². The van der Waals surface area contributed by atoms with Gasteiger partial charge in [-0.25, -0.2) is 18.4 Å². The molecule has 0 radical (unpaired) electrons. The van der Waals surface area contributed by atoms with Crippen molar-refractivity contribution in [3.05, 3.63) is 29.3 Å². The molecule has 0 spiro atoms. The lowest BCUT2D eigenvalue weighted by Crippen LogP contribution is -2.15. The molecule has 0 heterocycles. The molecule has 1 rings (SSSR count). The second-order valence-electron chi connectivity index (χ2n) is 2.92. The number of ether oxygens (including phenoxy) is 2. The molecular formula is C10H9F2NO4. The Labute approximate surface area is 95.3 Å². The van der Waals surface area contributed by atoms with E-state index in [9.17, 15) is 18.4 Å². The van der Waals surface area contributed by atoms with E-state index in [1.54, 1.807) is 0 Å². The molecule has 92 valence electrons. The molecule has 1 amide bonds. The Morgan fingerprint density at radius 2 is 1.71 bits per heavy atom. The first-order chi connectivity index (χ1) is 7.99. The van der Waals surface area contributed by atoms with E-state index in [1.807, 2.05) is 0 Å². The molecule has 0 aromatic heterocycles. The van der Waals surface area contributed by atoms with Crippen LogP contribution in [-0.2, 0) is 9.47 Å². The first kappa shape index (κ1) is 12.9. The molecule has 0 atom stereocenters. The van der Waals surface area contributed by atoms with Crippen LogP contribution in [0.3, 0.4) is 0 Å². The second-order valence-corrected chi connectivity index (χ2v) is 2.92. The fraction of sp³-hybridized carbons (Fsp3) is 0.200. The number of hydrogen-bond acceptors (Lipinski definition) is 4. The molecule has 0 bridgehead atoms. The van der Waals surface area contributed by atoms with E-state index in [1.165, 1.54) is 0 Å². The highest BCUT2D eigenvalue weighted by molar-refractivity contribution is 5.99. The quantitative estimate of drug-likeness (QED) is 0.808. The minimum absolute atomic E-state index is 0.234. The maximum atomic E-state index is 13.0. The predicted molar refractivity (Wildman–Crippen MR) is 53.7 cm³/mol. The SMILES string of the molecule is COC(=O)Nc1cc(F)c(F)cc1C(=O)OC. The van der Waals surface area contributed by atoms with Crippen molar-refractivity contribution in [1.29, 1.82) is 0 Å². The van der Waals surface area contributed by atoms with Crippen molar-refractivity contribution in [2.45, 2.75) is 0 Å². The average Bonchev–Trinajstić information content (AvgIpc) is 2.32. The van der Waals surface area contributed by atoms with Crippen molar-refractivity contribution in [3.63, 3.8) is 0 Å². The van der Waals surface area contributed by atoms with Gasteiger partial charge in [0, 0.05) is 6.07 Å². The summed E-state index contributed by atoms with van der Waals surface area (Å²) >= 11 is 0. The minimum Gasteiger partial charge on any atom is -0.465 e. The zero-order chi connectivity index (χ0) is 13.0. The number of hydrogen-bond donors (Lipinski definition) is 1. The number of halogens is 2. The molecule has 0 aliphatic heterocycles. The lowest BCUT2D eigenvalue weighted by atomic mass is 10.1. The number of amides is 1. The normalized spacial score (nSPS) is 9.65. The molecular weight excluding hydrogens is 236 g/mol. The van der Waals surface area contributed by atoms with Gasteiger partial charge in [-0.3, -0.25) is 5.32 Å². The van der Waals surface area contributed by atoms with Crippen LogP contribution in [0.5, 0.6) is 0 Å². The first-order valence-corrected chi connectivity index (χ1v) is 4.42. The third-order valence-electron chi connectivity index (χ3n) is 1.89. The van der Waals surface area contributed by atoms with Crippen LogP contribution >= 0.6 is 0 Å². The molecule has 5 nitrogen and oxygen atoms in total. The molecule has 17 heavy (non-hydrogen) atoms. The number of esters is 1. The molecule has 0 aliphatic carbocycles. The van der Waals surface area contributed by atoms with E-state index >= 15 is 0 Å². The summed E-state index contributed by atoms with van der Waals surface area (Å²) in [5.41, 5.74) is -0.542. The van der Waals surface area contributed by atoms with Gasteiger partial charge in [0.15, 0.2) is 11.6 Å². The molecule has 0 unspecified atom stereocenters. The fourth-order valence-corrected chi connectivity index (χ4v) is 1.09. The summed E-state index contributed by atoms with van der Waals surface area (Å²) < 4.78 is 34.6. The lowest BCUT2D eigenvalue weighted by molar-refractivity contribution is 0.0601. The monoisotopic (exact) mass is 245 g/mol. The third-order valence-corrected chi connectivity index (χ3v) is 1.89. The predicted octanol–water partition coefficient (Wildman–Crippen LogP) is 1.93. The van der Waals surface area contributed by atoms with Gasteiger partial charge in [0.2, 0.25) is 0 Å². The van der Waals surface area contributed by atoms with Gasteiger partial charge < -0.3 is 9.47 Å². The first-order valence-electron chi connectivity index (χ1n) is 4.42. The summed E-state index contributed by atoms with van der Waals surface area (Å²) in [6.45, 7) is 0. The maximum Gasteiger partial charge on any atom is 0.411 e. The molecule has 1 aromatic rings. The number of nitrogens with one attached hydrogen (secondary N) is 1. The Morgan fingerprint density at radius 3 is 2.24 bits per heavy atom. The summed E-state index contributed by atoms with van der Waals surface area (Å²) in [7, 11) is 2.17. The van der Waals surface area contributed by atoms with Crippen LogP contribution in [-0.4, -0.2) is 26.3 Å². The Balaban J connectivity index is 3.20. The number of carbonyl (C=O) groups is 2. The maximum absolute atomic E-state index is 13.0. The Kier molecular flexibility index (Phi) is 3.97. The standard InChI is InChI=1S/C10H9F2NO4/c1-16-9(14)5-3-6(11)7(12)4-8(5)13-10(15)17-2/h3-4H,1-2H3,(H,13,15). The van der Waals surface area contributed by atoms with Crippen LogP contribution in [0.2, 0.25) is 0 Å². The van der Waals surface area contributed by atoms with E-state index in [-0.39, 0.29) is 11.3 Å². The van der Waals surface area contributed by atoms with Crippen LogP contribution in [0.4, 0.5) is 19.3 Å². The second kappa shape index (κ2) is 5.24. The number of anilines is 1. The summed E-state index contributed by atoms with van der Waals surface area (Å²) in [5.74, 6) is -3.33. The van der Waals surface area contributed by atoms with Crippen LogP contribution in [0.1, 0.15) is 10.4 Å². The van der Waals surface area contributed by atoms with Crippen molar-refractivity contribution in [3.8, 4) is 0 Å². The van der Waals surface area contributed by atoms with Crippen molar-refractivity contribution >= 4 is 17.7 Å².